The van der Waals surface area contributed by atoms with Gasteiger partial charge in [0, 0.05) is 5.69 Å². The maximum Gasteiger partial charge on any atom is 0.329 e. The molecule has 0 saturated heterocycles. The molecular formula is C21H24N2O6. The molecule has 2 aromatic rings. The summed E-state index contributed by atoms with van der Waals surface area (Å²) in [4.78, 5) is 36.2. The second kappa shape index (κ2) is 10.7. The Balaban J connectivity index is 1.76. The lowest BCUT2D eigenvalue weighted by Gasteiger charge is -2.17. The number of nitrogens with one attached hydrogen (secondary N) is 2. The van der Waals surface area contributed by atoms with Crippen molar-refractivity contribution in [1.82, 2.24) is 5.32 Å². The number of hydrogen-bond acceptors (Lipinski definition) is 6. The average molecular weight is 400 g/mol. The van der Waals surface area contributed by atoms with Crippen LogP contribution in [-0.2, 0) is 19.1 Å². The normalized spacial score (nSPS) is 12.2. The van der Waals surface area contributed by atoms with Crippen LogP contribution in [0.2, 0.25) is 0 Å². The highest BCUT2D eigenvalue weighted by atomic mass is 16.5. The number of hydrogen-bond donors (Lipinski definition) is 2. The van der Waals surface area contributed by atoms with Gasteiger partial charge >= 0.3 is 5.97 Å². The fraction of sp³-hybridized carbons (Fsp3) is 0.286. The first-order chi connectivity index (χ1) is 13.9. The molecule has 0 aliphatic carbocycles. The van der Waals surface area contributed by atoms with Crippen LogP contribution in [-0.4, -0.2) is 43.6 Å². The molecule has 0 bridgehead atoms. The largest absolute Gasteiger partial charge is 0.497 e. The zero-order valence-corrected chi connectivity index (χ0v) is 16.5. The van der Waals surface area contributed by atoms with E-state index in [9.17, 15) is 14.4 Å². The van der Waals surface area contributed by atoms with E-state index in [4.69, 9.17) is 14.2 Å². The maximum absolute atomic E-state index is 12.2. The summed E-state index contributed by atoms with van der Waals surface area (Å²) in [5.74, 6) is -0.497. The molecule has 154 valence electrons. The van der Waals surface area contributed by atoms with Crippen LogP contribution in [0.3, 0.4) is 0 Å². The van der Waals surface area contributed by atoms with Gasteiger partial charge in [0.25, 0.3) is 11.8 Å². The molecule has 0 fully saturated rings. The molecule has 2 atom stereocenters. The highest BCUT2D eigenvalue weighted by molar-refractivity contribution is 5.95. The monoisotopic (exact) mass is 400 g/mol. The van der Waals surface area contributed by atoms with Crippen molar-refractivity contribution in [1.29, 1.82) is 0 Å². The van der Waals surface area contributed by atoms with Crippen LogP contribution in [0, 0.1) is 0 Å². The predicted molar refractivity (Wildman–Crippen MR) is 107 cm³/mol. The van der Waals surface area contributed by atoms with Crippen LogP contribution in [0.4, 0.5) is 5.69 Å². The van der Waals surface area contributed by atoms with Gasteiger partial charge in [0.05, 0.1) is 7.11 Å². The molecule has 2 aromatic carbocycles. The lowest BCUT2D eigenvalue weighted by atomic mass is 10.2. The molecule has 8 nitrogen and oxygen atoms in total. The van der Waals surface area contributed by atoms with Gasteiger partial charge in [-0.2, -0.15) is 0 Å². The van der Waals surface area contributed by atoms with Crippen LogP contribution in [0.1, 0.15) is 13.8 Å². The summed E-state index contributed by atoms with van der Waals surface area (Å²) in [7, 11) is 1.54. The van der Waals surface area contributed by atoms with E-state index in [-0.39, 0.29) is 6.61 Å². The van der Waals surface area contributed by atoms with Crippen molar-refractivity contribution in [2.24, 2.45) is 0 Å². The zero-order valence-electron chi connectivity index (χ0n) is 16.5. The predicted octanol–water partition coefficient (Wildman–Crippen LogP) is 2.15. The minimum Gasteiger partial charge on any atom is -0.497 e. The van der Waals surface area contributed by atoms with Crippen LogP contribution < -0.4 is 20.1 Å². The van der Waals surface area contributed by atoms with E-state index >= 15 is 0 Å². The topological polar surface area (TPSA) is 103 Å². The maximum atomic E-state index is 12.2. The standard InChI is InChI=1S/C21H24N2O6/c1-14(22-19(24)13-28-18-7-5-4-6-8-18)21(26)29-15(2)20(25)23-16-9-11-17(27-3)12-10-16/h4-12,14-15H,13H2,1-3H3,(H,22,24)(H,23,25)/t14-,15+/m0/s1. The van der Waals surface area contributed by atoms with Gasteiger partial charge in [-0.1, -0.05) is 18.2 Å². The second-order valence-electron chi connectivity index (χ2n) is 6.19. The van der Waals surface area contributed by atoms with E-state index in [2.05, 4.69) is 10.6 Å². The molecule has 0 heterocycles. The first kappa shape index (κ1) is 21.7. The Morgan fingerprint density at radius 2 is 1.59 bits per heavy atom. The minimum absolute atomic E-state index is 0.241. The molecule has 0 spiro atoms. The minimum atomic E-state index is -1.04. The van der Waals surface area contributed by atoms with Crippen molar-refractivity contribution in [2.75, 3.05) is 19.0 Å². The summed E-state index contributed by atoms with van der Waals surface area (Å²) < 4.78 is 15.5. The fourth-order valence-electron chi connectivity index (χ4n) is 2.26. The highest BCUT2D eigenvalue weighted by Gasteiger charge is 2.23. The third kappa shape index (κ3) is 7.17. The third-order valence-electron chi connectivity index (χ3n) is 3.86. The zero-order chi connectivity index (χ0) is 21.2. The number of methoxy groups -OCH3 is 1. The van der Waals surface area contributed by atoms with Crippen molar-refractivity contribution < 1.29 is 28.6 Å². The number of carbonyl (C=O) groups excluding carboxylic acids is 3. The van der Waals surface area contributed by atoms with Gasteiger partial charge in [-0.15, -0.1) is 0 Å². The number of carbonyl (C=O) groups is 3. The number of para-hydroxylation sites is 1. The van der Waals surface area contributed by atoms with E-state index in [1.807, 2.05) is 6.07 Å². The van der Waals surface area contributed by atoms with Crippen LogP contribution in [0.15, 0.2) is 54.6 Å². The molecule has 0 aliphatic rings. The Kier molecular flexibility index (Phi) is 8.02. The Morgan fingerprint density at radius 1 is 0.931 bits per heavy atom. The molecule has 29 heavy (non-hydrogen) atoms. The average Bonchev–Trinajstić information content (AvgIpc) is 2.73. The number of amides is 2. The van der Waals surface area contributed by atoms with Crippen LogP contribution >= 0.6 is 0 Å². The van der Waals surface area contributed by atoms with Crippen molar-refractivity contribution in [3.8, 4) is 11.5 Å². The van der Waals surface area contributed by atoms with Crippen molar-refractivity contribution in [3.05, 3.63) is 54.6 Å². The molecule has 2 rings (SSSR count). The molecule has 2 N–H and O–H groups in total. The molecule has 0 aliphatic heterocycles. The highest BCUT2D eigenvalue weighted by Crippen LogP contribution is 2.15. The lowest BCUT2D eigenvalue weighted by Crippen LogP contribution is -2.44. The molecular weight excluding hydrogens is 376 g/mol. The smallest absolute Gasteiger partial charge is 0.329 e. The summed E-state index contributed by atoms with van der Waals surface area (Å²) in [6, 6.07) is 14.6. The summed E-state index contributed by atoms with van der Waals surface area (Å²) in [6.07, 6.45) is -1.04. The van der Waals surface area contributed by atoms with Crippen molar-refractivity contribution >= 4 is 23.5 Å². The summed E-state index contributed by atoms with van der Waals surface area (Å²) in [5.41, 5.74) is 0.540. The third-order valence-corrected chi connectivity index (χ3v) is 3.86. The van der Waals surface area contributed by atoms with Gasteiger partial charge in [0.15, 0.2) is 12.7 Å². The Labute approximate surface area is 169 Å². The Bertz CT molecular complexity index is 823. The summed E-state index contributed by atoms with van der Waals surface area (Å²) in [6.45, 7) is 2.68. The van der Waals surface area contributed by atoms with E-state index in [1.54, 1.807) is 55.6 Å². The van der Waals surface area contributed by atoms with E-state index in [1.165, 1.54) is 13.8 Å². The molecule has 2 amide bonds. The van der Waals surface area contributed by atoms with Crippen LogP contribution in [0.5, 0.6) is 11.5 Å². The fourth-order valence-corrected chi connectivity index (χ4v) is 2.26. The Morgan fingerprint density at radius 3 is 2.21 bits per heavy atom. The van der Waals surface area contributed by atoms with Crippen molar-refractivity contribution in [3.63, 3.8) is 0 Å². The van der Waals surface area contributed by atoms with Crippen molar-refractivity contribution in [2.45, 2.75) is 26.0 Å². The van der Waals surface area contributed by atoms with E-state index in [0.29, 0.717) is 17.2 Å². The molecule has 0 unspecified atom stereocenters. The van der Waals surface area contributed by atoms with Gasteiger partial charge < -0.3 is 24.8 Å². The molecule has 0 saturated carbocycles. The van der Waals surface area contributed by atoms with Gasteiger partial charge in [-0.3, -0.25) is 9.59 Å². The molecule has 0 radical (unpaired) electrons. The van der Waals surface area contributed by atoms with Crippen LogP contribution in [0.25, 0.3) is 0 Å². The number of ether oxygens (including phenoxy) is 3. The lowest BCUT2D eigenvalue weighted by molar-refractivity contribution is -0.155. The number of esters is 1. The molecule has 0 aromatic heterocycles. The first-order valence-electron chi connectivity index (χ1n) is 9.01. The number of anilines is 1. The van der Waals surface area contributed by atoms with E-state index < -0.39 is 29.9 Å². The second-order valence-corrected chi connectivity index (χ2v) is 6.19. The first-order valence-corrected chi connectivity index (χ1v) is 9.01. The number of rotatable bonds is 9. The van der Waals surface area contributed by atoms with E-state index in [0.717, 1.165) is 0 Å². The summed E-state index contributed by atoms with van der Waals surface area (Å²) >= 11 is 0. The SMILES string of the molecule is COc1ccc(NC(=O)[C@@H](C)OC(=O)[C@H](C)NC(=O)COc2ccccc2)cc1. The van der Waals surface area contributed by atoms with Gasteiger partial charge in [-0.25, -0.2) is 4.79 Å². The Hall–Kier alpha value is -3.55. The van der Waals surface area contributed by atoms with Gasteiger partial charge in [0.1, 0.15) is 17.5 Å². The quantitative estimate of drug-likeness (QED) is 0.625. The molecule has 8 heteroatoms. The van der Waals surface area contributed by atoms with Gasteiger partial charge in [0.2, 0.25) is 0 Å². The summed E-state index contributed by atoms with van der Waals surface area (Å²) in [5, 5.41) is 5.11. The van der Waals surface area contributed by atoms with Gasteiger partial charge in [-0.05, 0) is 50.2 Å². The number of benzene rings is 2.